The van der Waals surface area contributed by atoms with E-state index >= 15 is 0 Å². The summed E-state index contributed by atoms with van der Waals surface area (Å²) in [6.45, 7) is 5.55. The highest BCUT2D eigenvalue weighted by atomic mass is 79.9. The van der Waals surface area contributed by atoms with E-state index in [1.807, 2.05) is 26.8 Å². The predicted octanol–water partition coefficient (Wildman–Crippen LogP) is 4.69. The van der Waals surface area contributed by atoms with Gasteiger partial charge in [0.15, 0.2) is 0 Å². The second-order valence-electron chi connectivity index (χ2n) is 6.25. The van der Waals surface area contributed by atoms with Gasteiger partial charge in [0.1, 0.15) is 0 Å². The van der Waals surface area contributed by atoms with Crippen molar-refractivity contribution in [2.75, 3.05) is 10.6 Å². The first kappa shape index (κ1) is 17.2. The monoisotopic (exact) mass is 374 g/mol. The van der Waals surface area contributed by atoms with E-state index in [4.69, 9.17) is 0 Å². The van der Waals surface area contributed by atoms with Gasteiger partial charge in [0.2, 0.25) is 5.91 Å². The number of rotatable bonds is 3. The summed E-state index contributed by atoms with van der Waals surface area (Å²) in [6.07, 6.45) is 0. The molecule has 2 amide bonds. The second kappa shape index (κ2) is 6.96. The highest BCUT2D eigenvalue weighted by Crippen LogP contribution is 2.21. The average molecular weight is 375 g/mol. The zero-order valence-electron chi connectivity index (χ0n) is 13.3. The maximum atomic E-state index is 12.2. The van der Waals surface area contributed by atoms with Crippen molar-refractivity contribution < 1.29 is 9.59 Å². The highest BCUT2D eigenvalue weighted by molar-refractivity contribution is 9.10. The van der Waals surface area contributed by atoms with Crippen LogP contribution in [0.25, 0.3) is 0 Å². The molecule has 2 aromatic carbocycles. The summed E-state index contributed by atoms with van der Waals surface area (Å²) in [5.74, 6) is -0.279. The summed E-state index contributed by atoms with van der Waals surface area (Å²) >= 11 is 3.35. The van der Waals surface area contributed by atoms with Crippen molar-refractivity contribution in [3.05, 3.63) is 58.6 Å². The third-order valence-electron chi connectivity index (χ3n) is 3.15. The molecule has 23 heavy (non-hydrogen) atoms. The van der Waals surface area contributed by atoms with Gasteiger partial charge in [0.25, 0.3) is 5.91 Å². The molecule has 0 atom stereocenters. The quantitative estimate of drug-likeness (QED) is 0.818. The first-order valence-electron chi connectivity index (χ1n) is 7.24. The van der Waals surface area contributed by atoms with E-state index in [9.17, 15) is 9.59 Å². The Balaban J connectivity index is 2.11. The van der Waals surface area contributed by atoms with Gasteiger partial charge < -0.3 is 10.6 Å². The van der Waals surface area contributed by atoms with Gasteiger partial charge in [0.05, 0.1) is 0 Å². The van der Waals surface area contributed by atoms with E-state index in [1.165, 1.54) is 0 Å². The van der Waals surface area contributed by atoms with Gasteiger partial charge in [-0.05, 0) is 36.4 Å². The van der Waals surface area contributed by atoms with E-state index < -0.39 is 5.41 Å². The van der Waals surface area contributed by atoms with Crippen LogP contribution in [0.5, 0.6) is 0 Å². The molecule has 2 aromatic rings. The summed E-state index contributed by atoms with van der Waals surface area (Å²) in [7, 11) is 0. The van der Waals surface area contributed by atoms with Gasteiger partial charge in [-0.3, -0.25) is 9.59 Å². The average Bonchev–Trinajstić information content (AvgIpc) is 2.46. The number of carbonyl (C=O) groups is 2. The standard InChI is InChI=1S/C18H19BrN2O2/c1-18(2,3)17(23)21-15-9-5-8-14(11-15)20-16(22)12-6-4-7-13(19)10-12/h4-11H,1-3H3,(H,20,22)(H,21,23). The molecule has 0 aliphatic rings. The fourth-order valence-electron chi connectivity index (χ4n) is 1.83. The molecule has 5 heteroatoms. The number of anilines is 2. The molecule has 0 spiro atoms. The molecule has 0 saturated carbocycles. The number of halogens is 1. The van der Waals surface area contributed by atoms with Crippen LogP contribution in [0.15, 0.2) is 53.0 Å². The van der Waals surface area contributed by atoms with Crippen molar-refractivity contribution in [3.8, 4) is 0 Å². The van der Waals surface area contributed by atoms with Crippen LogP contribution in [-0.2, 0) is 4.79 Å². The second-order valence-corrected chi connectivity index (χ2v) is 7.17. The van der Waals surface area contributed by atoms with Gasteiger partial charge in [-0.2, -0.15) is 0 Å². The minimum atomic E-state index is -0.477. The van der Waals surface area contributed by atoms with Crippen LogP contribution >= 0.6 is 15.9 Å². The molecule has 120 valence electrons. The lowest BCUT2D eigenvalue weighted by atomic mass is 9.95. The fraction of sp³-hybridized carbons (Fsp3) is 0.222. The van der Waals surface area contributed by atoms with Gasteiger partial charge >= 0.3 is 0 Å². The molecule has 0 bridgehead atoms. The minimum Gasteiger partial charge on any atom is -0.326 e. The zero-order chi connectivity index (χ0) is 17.0. The lowest BCUT2D eigenvalue weighted by molar-refractivity contribution is -0.123. The van der Waals surface area contributed by atoms with E-state index in [0.29, 0.717) is 16.9 Å². The number of carbonyl (C=O) groups excluding carboxylic acids is 2. The Morgan fingerprint density at radius 3 is 2.13 bits per heavy atom. The smallest absolute Gasteiger partial charge is 0.255 e. The molecular formula is C18H19BrN2O2. The van der Waals surface area contributed by atoms with E-state index in [1.54, 1.807) is 42.5 Å². The normalized spacial score (nSPS) is 11.0. The van der Waals surface area contributed by atoms with Crippen molar-refractivity contribution in [3.63, 3.8) is 0 Å². The van der Waals surface area contributed by atoms with E-state index in [2.05, 4.69) is 26.6 Å². The van der Waals surface area contributed by atoms with Gasteiger partial charge in [0, 0.05) is 26.8 Å². The lowest BCUT2D eigenvalue weighted by Gasteiger charge is -2.18. The fourth-order valence-corrected chi connectivity index (χ4v) is 2.23. The van der Waals surface area contributed by atoms with Crippen LogP contribution in [0, 0.1) is 5.41 Å². The summed E-state index contributed by atoms with van der Waals surface area (Å²) in [5, 5.41) is 5.67. The van der Waals surface area contributed by atoms with Crippen LogP contribution in [0.3, 0.4) is 0 Å². The van der Waals surface area contributed by atoms with Crippen molar-refractivity contribution in [2.24, 2.45) is 5.41 Å². The molecule has 0 radical (unpaired) electrons. The van der Waals surface area contributed by atoms with Crippen molar-refractivity contribution in [1.29, 1.82) is 0 Å². The maximum Gasteiger partial charge on any atom is 0.255 e. The van der Waals surface area contributed by atoms with Crippen molar-refractivity contribution in [1.82, 2.24) is 0 Å². The lowest BCUT2D eigenvalue weighted by Crippen LogP contribution is -2.27. The number of nitrogens with one attached hydrogen (secondary N) is 2. The Morgan fingerprint density at radius 1 is 0.913 bits per heavy atom. The van der Waals surface area contributed by atoms with Crippen molar-refractivity contribution in [2.45, 2.75) is 20.8 Å². The third kappa shape index (κ3) is 4.93. The summed E-state index contributed by atoms with van der Waals surface area (Å²) in [6, 6.07) is 14.2. The maximum absolute atomic E-state index is 12.2. The number of amides is 2. The highest BCUT2D eigenvalue weighted by Gasteiger charge is 2.21. The van der Waals surface area contributed by atoms with Crippen LogP contribution < -0.4 is 10.6 Å². The van der Waals surface area contributed by atoms with Crippen LogP contribution in [0.1, 0.15) is 31.1 Å². The summed E-state index contributed by atoms with van der Waals surface area (Å²) in [5.41, 5.74) is 1.36. The van der Waals surface area contributed by atoms with Crippen LogP contribution in [0.4, 0.5) is 11.4 Å². The van der Waals surface area contributed by atoms with E-state index in [0.717, 1.165) is 4.47 Å². The topological polar surface area (TPSA) is 58.2 Å². The summed E-state index contributed by atoms with van der Waals surface area (Å²) in [4.78, 5) is 24.3. The molecular weight excluding hydrogens is 356 g/mol. The van der Waals surface area contributed by atoms with Crippen molar-refractivity contribution >= 4 is 39.1 Å². The Kier molecular flexibility index (Phi) is 5.21. The van der Waals surface area contributed by atoms with Gasteiger partial charge in [-0.15, -0.1) is 0 Å². The van der Waals surface area contributed by atoms with Crippen LogP contribution in [-0.4, -0.2) is 11.8 Å². The Hall–Kier alpha value is -2.14. The molecule has 0 unspecified atom stereocenters. The molecule has 4 nitrogen and oxygen atoms in total. The molecule has 0 saturated heterocycles. The Bertz CT molecular complexity index is 736. The number of hydrogen-bond donors (Lipinski definition) is 2. The zero-order valence-corrected chi connectivity index (χ0v) is 14.9. The molecule has 0 fully saturated rings. The Morgan fingerprint density at radius 2 is 1.52 bits per heavy atom. The van der Waals surface area contributed by atoms with Gasteiger partial charge in [-0.25, -0.2) is 0 Å². The first-order chi connectivity index (χ1) is 10.8. The number of hydrogen-bond acceptors (Lipinski definition) is 2. The van der Waals surface area contributed by atoms with Gasteiger partial charge in [-0.1, -0.05) is 48.8 Å². The molecule has 2 N–H and O–H groups in total. The largest absolute Gasteiger partial charge is 0.326 e. The Labute approximate surface area is 144 Å². The predicted molar refractivity (Wildman–Crippen MR) is 96.6 cm³/mol. The first-order valence-corrected chi connectivity index (χ1v) is 8.03. The third-order valence-corrected chi connectivity index (χ3v) is 3.64. The molecule has 0 heterocycles. The molecule has 0 aliphatic carbocycles. The summed E-state index contributed by atoms with van der Waals surface area (Å²) < 4.78 is 0.844. The number of benzene rings is 2. The molecule has 0 aromatic heterocycles. The SMILES string of the molecule is CC(C)(C)C(=O)Nc1cccc(NC(=O)c2cccc(Br)c2)c1. The van der Waals surface area contributed by atoms with Crippen LogP contribution in [0.2, 0.25) is 0 Å². The minimum absolute atomic E-state index is 0.0760. The molecule has 2 rings (SSSR count). The van der Waals surface area contributed by atoms with E-state index in [-0.39, 0.29) is 11.8 Å². The molecule has 0 aliphatic heterocycles.